The largest absolute Gasteiger partial charge is 0.459 e. The molecule has 1 atom stereocenters. The van der Waals surface area contributed by atoms with Gasteiger partial charge < -0.3 is 9.73 Å². The lowest BCUT2D eigenvalue weighted by atomic mass is 10.0. The maximum absolute atomic E-state index is 13.3. The van der Waals surface area contributed by atoms with Crippen molar-refractivity contribution < 1.29 is 8.81 Å². The first-order valence-electron chi connectivity index (χ1n) is 6.40. The highest BCUT2D eigenvalue weighted by atomic mass is 79.9. The third kappa shape index (κ3) is 2.71. The highest BCUT2D eigenvalue weighted by molar-refractivity contribution is 9.10. The minimum absolute atomic E-state index is 0.203. The first kappa shape index (κ1) is 14.6. The quantitative estimate of drug-likeness (QED) is 0.679. The maximum atomic E-state index is 13.3. The molecule has 0 fully saturated rings. The predicted molar refractivity (Wildman–Crippen MR) is 86.2 cm³/mol. The van der Waals surface area contributed by atoms with Gasteiger partial charge in [0.25, 0.3) is 0 Å². The number of hydrogen-bond donors (Lipinski definition) is 1. The molecule has 0 amide bonds. The van der Waals surface area contributed by atoms with Crippen molar-refractivity contribution in [2.24, 2.45) is 0 Å². The summed E-state index contributed by atoms with van der Waals surface area (Å²) < 4.78 is 19.9. The van der Waals surface area contributed by atoms with Gasteiger partial charge in [-0.25, -0.2) is 4.39 Å². The van der Waals surface area contributed by atoms with E-state index >= 15 is 0 Å². The van der Waals surface area contributed by atoms with E-state index in [-0.39, 0.29) is 11.9 Å². The summed E-state index contributed by atoms with van der Waals surface area (Å²) >= 11 is 9.77. The van der Waals surface area contributed by atoms with E-state index in [0.29, 0.717) is 16.4 Å². The van der Waals surface area contributed by atoms with Crippen LogP contribution in [0.3, 0.4) is 0 Å². The van der Waals surface area contributed by atoms with E-state index in [1.807, 2.05) is 31.3 Å². The first-order chi connectivity index (χ1) is 10.1. The molecule has 1 N–H and O–H groups in total. The van der Waals surface area contributed by atoms with Crippen LogP contribution in [0, 0.1) is 5.82 Å². The van der Waals surface area contributed by atoms with Crippen LogP contribution < -0.4 is 5.32 Å². The fourth-order valence-corrected chi connectivity index (χ4v) is 2.99. The van der Waals surface area contributed by atoms with Gasteiger partial charge in [0.05, 0.1) is 11.1 Å². The number of benzene rings is 2. The predicted octanol–water partition coefficient (Wildman–Crippen LogP) is 5.30. The molecule has 0 aliphatic carbocycles. The Morgan fingerprint density at radius 3 is 2.81 bits per heavy atom. The van der Waals surface area contributed by atoms with Gasteiger partial charge >= 0.3 is 0 Å². The van der Waals surface area contributed by atoms with Crippen molar-refractivity contribution in [1.82, 2.24) is 5.32 Å². The lowest BCUT2D eigenvalue weighted by Crippen LogP contribution is -2.17. The third-order valence-electron chi connectivity index (χ3n) is 3.36. The first-order valence-corrected chi connectivity index (χ1v) is 7.57. The molecule has 1 aromatic heterocycles. The number of fused-ring (bicyclic) bond motifs is 1. The molecule has 0 saturated heterocycles. The number of rotatable bonds is 3. The Morgan fingerprint density at radius 1 is 1.24 bits per heavy atom. The number of hydrogen-bond acceptors (Lipinski definition) is 2. The minimum atomic E-state index is -0.281. The minimum Gasteiger partial charge on any atom is -0.459 e. The summed E-state index contributed by atoms with van der Waals surface area (Å²) in [5.41, 5.74) is 1.55. The Labute approximate surface area is 135 Å². The van der Waals surface area contributed by atoms with Crippen molar-refractivity contribution in [3.05, 3.63) is 69.1 Å². The second kappa shape index (κ2) is 5.79. The number of halogens is 3. The summed E-state index contributed by atoms with van der Waals surface area (Å²) in [6, 6.07) is 11.8. The molecule has 0 radical (unpaired) electrons. The zero-order valence-corrected chi connectivity index (χ0v) is 13.5. The van der Waals surface area contributed by atoms with Crippen LogP contribution in [0.25, 0.3) is 11.0 Å². The van der Waals surface area contributed by atoms with E-state index in [1.165, 1.54) is 12.1 Å². The topological polar surface area (TPSA) is 25.2 Å². The van der Waals surface area contributed by atoms with Crippen molar-refractivity contribution in [2.75, 3.05) is 7.05 Å². The van der Waals surface area contributed by atoms with Crippen LogP contribution in [0.15, 0.2) is 51.4 Å². The molecule has 0 aliphatic heterocycles. The molecule has 108 valence electrons. The lowest BCUT2D eigenvalue weighted by molar-refractivity contribution is 0.491. The summed E-state index contributed by atoms with van der Waals surface area (Å²) in [5.74, 6) is 0.412. The van der Waals surface area contributed by atoms with Crippen LogP contribution >= 0.6 is 27.5 Å². The molecule has 2 nitrogen and oxygen atoms in total. The molecule has 1 heterocycles. The average Bonchev–Trinajstić information content (AvgIpc) is 2.87. The highest BCUT2D eigenvalue weighted by Crippen LogP contribution is 2.35. The van der Waals surface area contributed by atoms with Crippen LogP contribution in [0.4, 0.5) is 4.39 Å². The van der Waals surface area contributed by atoms with Crippen LogP contribution in [0.1, 0.15) is 17.4 Å². The average molecular weight is 369 g/mol. The van der Waals surface area contributed by atoms with Crippen molar-refractivity contribution in [3.8, 4) is 0 Å². The van der Waals surface area contributed by atoms with Gasteiger partial charge in [-0.2, -0.15) is 0 Å². The van der Waals surface area contributed by atoms with Gasteiger partial charge in [0.15, 0.2) is 0 Å². The Kier molecular flexibility index (Phi) is 4.02. The fourth-order valence-electron chi connectivity index (χ4n) is 2.37. The molecule has 0 saturated carbocycles. The molecule has 2 aromatic carbocycles. The zero-order chi connectivity index (χ0) is 15.0. The van der Waals surface area contributed by atoms with Crippen LogP contribution in [-0.4, -0.2) is 7.05 Å². The van der Waals surface area contributed by atoms with Gasteiger partial charge in [0.2, 0.25) is 0 Å². The summed E-state index contributed by atoms with van der Waals surface area (Å²) in [7, 11) is 1.83. The SMILES string of the molecule is CNC(c1cc2cc(F)ccc2o1)c1cccc(Br)c1Cl. The molecule has 5 heteroatoms. The van der Waals surface area contributed by atoms with E-state index in [9.17, 15) is 4.39 Å². The summed E-state index contributed by atoms with van der Waals surface area (Å²) in [6.07, 6.45) is 0. The summed E-state index contributed by atoms with van der Waals surface area (Å²) in [5, 5.41) is 4.55. The van der Waals surface area contributed by atoms with E-state index in [2.05, 4.69) is 21.2 Å². The van der Waals surface area contributed by atoms with Gasteiger partial charge in [0, 0.05) is 9.86 Å². The Balaban J connectivity index is 2.11. The lowest BCUT2D eigenvalue weighted by Gasteiger charge is -2.16. The van der Waals surface area contributed by atoms with E-state index in [4.69, 9.17) is 16.0 Å². The molecular formula is C16H12BrClFNO. The van der Waals surface area contributed by atoms with Gasteiger partial charge in [-0.05, 0) is 58.9 Å². The van der Waals surface area contributed by atoms with Gasteiger partial charge in [-0.3, -0.25) is 0 Å². The smallest absolute Gasteiger partial charge is 0.134 e. The molecule has 3 aromatic rings. The highest BCUT2D eigenvalue weighted by Gasteiger charge is 2.20. The van der Waals surface area contributed by atoms with Crippen LogP contribution in [0.5, 0.6) is 0 Å². The van der Waals surface area contributed by atoms with E-state index in [1.54, 1.807) is 6.07 Å². The monoisotopic (exact) mass is 367 g/mol. The van der Waals surface area contributed by atoms with Crippen molar-refractivity contribution in [1.29, 1.82) is 0 Å². The third-order valence-corrected chi connectivity index (χ3v) is 4.67. The Hall–Kier alpha value is -1.36. The fraction of sp³-hybridized carbons (Fsp3) is 0.125. The molecule has 1 unspecified atom stereocenters. The number of furan rings is 1. The standard InChI is InChI=1S/C16H12BrClFNO/c1-20-16(11-3-2-4-12(17)15(11)18)14-8-9-7-10(19)5-6-13(9)21-14/h2-8,16,20H,1H3. The second-order valence-corrected chi connectivity index (χ2v) is 5.93. The Morgan fingerprint density at radius 2 is 2.05 bits per heavy atom. The molecule has 0 bridgehead atoms. The maximum Gasteiger partial charge on any atom is 0.134 e. The van der Waals surface area contributed by atoms with Gasteiger partial charge in [0.1, 0.15) is 17.2 Å². The molecule has 3 rings (SSSR count). The zero-order valence-electron chi connectivity index (χ0n) is 11.2. The molecule has 21 heavy (non-hydrogen) atoms. The number of nitrogens with one attached hydrogen (secondary N) is 1. The van der Waals surface area contributed by atoms with Crippen LogP contribution in [0.2, 0.25) is 5.02 Å². The summed E-state index contributed by atoms with van der Waals surface area (Å²) in [4.78, 5) is 0. The summed E-state index contributed by atoms with van der Waals surface area (Å²) in [6.45, 7) is 0. The van der Waals surface area contributed by atoms with Crippen molar-refractivity contribution >= 4 is 38.5 Å². The molecular weight excluding hydrogens is 357 g/mol. The van der Waals surface area contributed by atoms with Crippen LogP contribution in [-0.2, 0) is 0 Å². The van der Waals surface area contributed by atoms with Crippen molar-refractivity contribution in [2.45, 2.75) is 6.04 Å². The van der Waals surface area contributed by atoms with Gasteiger partial charge in [-0.15, -0.1) is 0 Å². The van der Waals surface area contributed by atoms with E-state index in [0.717, 1.165) is 15.4 Å². The molecule has 0 spiro atoms. The van der Waals surface area contributed by atoms with Gasteiger partial charge in [-0.1, -0.05) is 23.7 Å². The Bertz CT molecular complexity index is 802. The second-order valence-electron chi connectivity index (χ2n) is 4.70. The van der Waals surface area contributed by atoms with E-state index < -0.39 is 0 Å². The van der Waals surface area contributed by atoms with Crippen molar-refractivity contribution in [3.63, 3.8) is 0 Å². The molecule has 0 aliphatic rings. The normalized spacial score (nSPS) is 12.8.